The standard InChI is InChI=1S/C27H33F3O3.C2H6/c1-11-14-32-24(9)27(30)26(29)21(6)18(3)13-12-17(2)19(4)15-25(28)22(7)23(8)33-16-20(5)31-10;1-2/h11-13,15,20,23H,1-4,6-7,9,14,16H2,5,8,10H3;1-2H3/b13-12-,25-15+,27-26-;. The summed E-state index contributed by atoms with van der Waals surface area (Å²) < 4.78 is 58.4. The fourth-order valence-corrected chi connectivity index (χ4v) is 2.01. The van der Waals surface area contributed by atoms with E-state index in [9.17, 15) is 13.2 Å². The second-order valence-electron chi connectivity index (χ2n) is 7.08. The Morgan fingerprint density at radius 1 is 0.857 bits per heavy atom. The Kier molecular flexibility index (Phi) is 17.8. The molecule has 0 saturated carbocycles. The van der Waals surface area contributed by atoms with Crippen LogP contribution in [0.15, 0.2) is 121 Å². The lowest BCUT2D eigenvalue weighted by atomic mass is 10.0. The molecule has 0 amide bonds. The summed E-state index contributed by atoms with van der Waals surface area (Å²) in [7, 11) is 1.55. The topological polar surface area (TPSA) is 27.7 Å². The molecule has 0 N–H and O–H groups in total. The number of hydrogen-bond acceptors (Lipinski definition) is 3. The number of hydrogen-bond donors (Lipinski definition) is 0. The summed E-state index contributed by atoms with van der Waals surface area (Å²) in [5.74, 6) is -3.66. The lowest BCUT2D eigenvalue weighted by Gasteiger charge is -2.17. The Morgan fingerprint density at radius 3 is 1.91 bits per heavy atom. The van der Waals surface area contributed by atoms with E-state index < -0.39 is 29.3 Å². The van der Waals surface area contributed by atoms with Crippen LogP contribution in [0.25, 0.3) is 0 Å². The number of methoxy groups -OCH3 is 1. The first kappa shape index (κ1) is 34.1. The first-order valence-corrected chi connectivity index (χ1v) is 11.0. The molecule has 0 aromatic rings. The molecule has 0 aromatic carbocycles. The molecule has 0 heterocycles. The normalized spacial score (nSPS) is 13.5. The van der Waals surface area contributed by atoms with E-state index in [4.69, 9.17) is 14.2 Å². The van der Waals surface area contributed by atoms with Crippen LogP contribution in [-0.2, 0) is 14.2 Å². The first-order valence-electron chi connectivity index (χ1n) is 11.0. The summed E-state index contributed by atoms with van der Waals surface area (Å²) in [6.07, 6.45) is 4.60. The third kappa shape index (κ3) is 12.8. The van der Waals surface area contributed by atoms with Gasteiger partial charge < -0.3 is 14.2 Å². The molecular weight excluding hydrogens is 453 g/mol. The van der Waals surface area contributed by atoms with E-state index in [0.717, 1.165) is 6.08 Å². The van der Waals surface area contributed by atoms with E-state index >= 15 is 0 Å². The molecule has 0 aliphatic heterocycles. The van der Waals surface area contributed by atoms with Crippen LogP contribution in [0.1, 0.15) is 27.7 Å². The van der Waals surface area contributed by atoms with Gasteiger partial charge in [-0.3, -0.25) is 0 Å². The zero-order valence-corrected chi connectivity index (χ0v) is 21.7. The molecule has 2 atom stereocenters. The average molecular weight is 493 g/mol. The molecule has 0 aliphatic carbocycles. The van der Waals surface area contributed by atoms with E-state index in [2.05, 4.69) is 46.1 Å². The van der Waals surface area contributed by atoms with Crippen LogP contribution in [0.5, 0.6) is 0 Å². The molecule has 0 rings (SSSR count). The van der Waals surface area contributed by atoms with E-state index in [1.54, 1.807) is 14.0 Å². The Balaban J connectivity index is 0. The molecule has 0 spiro atoms. The SMILES string of the molecule is C=CCOC(=C)/C(F)=C(/F)C(=C)C(=C)/C=C\C(=C)C(=C)/C=C(/F)C(=C)C(C)OCC(C)OC.CC. The van der Waals surface area contributed by atoms with Gasteiger partial charge >= 0.3 is 0 Å². The van der Waals surface area contributed by atoms with Crippen LogP contribution in [0.2, 0.25) is 0 Å². The fraction of sp³-hybridized carbons (Fsp3) is 0.310. The summed E-state index contributed by atoms with van der Waals surface area (Å²) in [5, 5.41) is 0. The Morgan fingerprint density at radius 2 is 1.40 bits per heavy atom. The third-order valence-electron chi connectivity index (χ3n) is 4.45. The van der Waals surface area contributed by atoms with Crippen molar-refractivity contribution in [2.45, 2.75) is 39.9 Å². The van der Waals surface area contributed by atoms with Crippen LogP contribution >= 0.6 is 0 Å². The van der Waals surface area contributed by atoms with Crippen molar-refractivity contribution < 1.29 is 27.4 Å². The Labute approximate surface area is 209 Å². The van der Waals surface area contributed by atoms with Crippen LogP contribution in [0.4, 0.5) is 13.2 Å². The number of ether oxygens (including phenoxy) is 3. The highest BCUT2D eigenvalue weighted by Crippen LogP contribution is 2.27. The van der Waals surface area contributed by atoms with Gasteiger partial charge in [0.1, 0.15) is 12.4 Å². The van der Waals surface area contributed by atoms with Gasteiger partial charge in [0.05, 0.1) is 18.8 Å². The van der Waals surface area contributed by atoms with Crippen LogP contribution in [0.3, 0.4) is 0 Å². The van der Waals surface area contributed by atoms with E-state index in [1.165, 1.54) is 18.2 Å². The van der Waals surface area contributed by atoms with E-state index in [1.807, 2.05) is 20.8 Å². The lowest BCUT2D eigenvalue weighted by Crippen LogP contribution is -2.20. The van der Waals surface area contributed by atoms with Crippen LogP contribution in [0, 0.1) is 0 Å². The predicted molar refractivity (Wildman–Crippen MR) is 142 cm³/mol. The number of halogens is 3. The van der Waals surface area contributed by atoms with Gasteiger partial charge in [-0.2, -0.15) is 4.39 Å². The van der Waals surface area contributed by atoms with Crippen molar-refractivity contribution in [2.24, 2.45) is 0 Å². The van der Waals surface area contributed by atoms with Gasteiger partial charge in [-0.1, -0.05) is 78.1 Å². The first-order chi connectivity index (χ1) is 16.4. The molecule has 0 aliphatic rings. The molecule has 35 heavy (non-hydrogen) atoms. The summed E-state index contributed by atoms with van der Waals surface area (Å²) in [5.41, 5.74) is 0.454. The van der Waals surface area contributed by atoms with Gasteiger partial charge in [0, 0.05) is 18.3 Å². The lowest BCUT2D eigenvalue weighted by molar-refractivity contribution is -0.00132. The van der Waals surface area contributed by atoms with Crippen molar-refractivity contribution in [3.63, 3.8) is 0 Å². The minimum atomic E-state index is -1.29. The molecule has 0 bridgehead atoms. The fourth-order valence-electron chi connectivity index (χ4n) is 2.01. The molecule has 2 unspecified atom stereocenters. The minimum absolute atomic E-state index is 0.0253. The highest BCUT2D eigenvalue weighted by Gasteiger charge is 2.16. The molecule has 0 saturated heterocycles. The highest BCUT2D eigenvalue weighted by molar-refractivity contribution is 5.52. The maximum atomic E-state index is 14.5. The summed E-state index contributed by atoms with van der Waals surface area (Å²) in [6, 6.07) is 0. The molecule has 6 heteroatoms. The van der Waals surface area contributed by atoms with Crippen molar-refractivity contribution in [1.82, 2.24) is 0 Å². The number of allylic oxidation sites excluding steroid dienone is 9. The monoisotopic (exact) mass is 492 g/mol. The van der Waals surface area contributed by atoms with Gasteiger partial charge in [0.25, 0.3) is 0 Å². The highest BCUT2D eigenvalue weighted by atomic mass is 19.2. The molecule has 0 aromatic heterocycles. The van der Waals surface area contributed by atoms with Gasteiger partial charge in [0.15, 0.2) is 11.6 Å². The van der Waals surface area contributed by atoms with Crippen LogP contribution < -0.4 is 0 Å². The zero-order chi connectivity index (χ0) is 27.7. The van der Waals surface area contributed by atoms with Crippen molar-refractivity contribution in [3.8, 4) is 0 Å². The van der Waals surface area contributed by atoms with Crippen molar-refractivity contribution >= 4 is 0 Å². The average Bonchev–Trinajstić information content (AvgIpc) is 2.87. The minimum Gasteiger partial charge on any atom is -0.487 e. The maximum absolute atomic E-state index is 14.5. The van der Waals surface area contributed by atoms with Gasteiger partial charge in [-0.25, -0.2) is 8.78 Å². The quantitative estimate of drug-likeness (QED) is 0.123. The van der Waals surface area contributed by atoms with Gasteiger partial charge in [-0.15, -0.1) is 0 Å². The van der Waals surface area contributed by atoms with Gasteiger partial charge in [0.2, 0.25) is 5.83 Å². The smallest absolute Gasteiger partial charge is 0.200 e. The van der Waals surface area contributed by atoms with Crippen molar-refractivity contribution in [2.75, 3.05) is 20.3 Å². The molecule has 194 valence electrons. The van der Waals surface area contributed by atoms with Crippen molar-refractivity contribution in [3.05, 3.63) is 121 Å². The predicted octanol–water partition coefficient (Wildman–Crippen LogP) is 8.51. The second-order valence-corrected chi connectivity index (χ2v) is 7.08. The maximum Gasteiger partial charge on any atom is 0.200 e. The largest absolute Gasteiger partial charge is 0.487 e. The van der Waals surface area contributed by atoms with Crippen molar-refractivity contribution in [1.29, 1.82) is 0 Å². The number of rotatable bonds is 16. The Bertz CT molecular complexity index is 904. The molecule has 3 nitrogen and oxygen atoms in total. The van der Waals surface area contributed by atoms with Crippen LogP contribution in [-0.4, -0.2) is 32.5 Å². The molecule has 0 fully saturated rings. The summed E-state index contributed by atoms with van der Waals surface area (Å²) in [4.78, 5) is 0. The summed E-state index contributed by atoms with van der Waals surface area (Å²) in [6.45, 7) is 32.9. The zero-order valence-electron chi connectivity index (χ0n) is 21.7. The molecule has 0 radical (unpaired) electrons. The molecular formula is C29H39F3O3. The van der Waals surface area contributed by atoms with E-state index in [-0.39, 0.29) is 41.6 Å². The second kappa shape index (κ2) is 18.3. The third-order valence-corrected chi connectivity index (χ3v) is 4.45. The van der Waals surface area contributed by atoms with E-state index in [0.29, 0.717) is 5.57 Å². The summed E-state index contributed by atoms with van der Waals surface area (Å²) >= 11 is 0. The van der Waals surface area contributed by atoms with Gasteiger partial charge in [-0.05, 0) is 36.6 Å². The Hall–Kier alpha value is -3.09.